The van der Waals surface area contributed by atoms with Crippen LogP contribution in [0.4, 0.5) is 11.6 Å². The van der Waals surface area contributed by atoms with Gasteiger partial charge in [-0.2, -0.15) is 0 Å². The van der Waals surface area contributed by atoms with Gasteiger partial charge in [0.1, 0.15) is 20.6 Å². The van der Waals surface area contributed by atoms with E-state index in [1.807, 2.05) is 0 Å². The van der Waals surface area contributed by atoms with Gasteiger partial charge in [-0.05, 0) is 0 Å². The number of anilines is 1. The SMILES string of the molecule is C[Si](C)(C)Nc1ncc([N+](=O)[O-])cn1. The minimum Gasteiger partial charge on any atom is -0.381 e. The summed E-state index contributed by atoms with van der Waals surface area (Å²) in [5.41, 5.74) is -0.0916. The second kappa shape index (κ2) is 3.70. The maximum absolute atomic E-state index is 10.3. The van der Waals surface area contributed by atoms with Crippen LogP contribution < -0.4 is 4.98 Å². The molecule has 1 heterocycles. The van der Waals surface area contributed by atoms with E-state index < -0.39 is 13.2 Å². The highest BCUT2D eigenvalue weighted by molar-refractivity contribution is 6.79. The van der Waals surface area contributed by atoms with Crippen LogP contribution in [0.25, 0.3) is 0 Å². The normalized spacial score (nSPS) is 11.1. The number of aromatic nitrogens is 2. The predicted octanol–water partition coefficient (Wildman–Crippen LogP) is 1.63. The van der Waals surface area contributed by atoms with Crippen molar-refractivity contribution in [3.63, 3.8) is 0 Å². The van der Waals surface area contributed by atoms with Crippen LogP contribution in [-0.2, 0) is 0 Å². The zero-order chi connectivity index (χ0) is 10.8. The lowest BCUT2D eigenvalue weighted by Gasteiger charge is -2.16. The molecule has 0 aliphatic heterocycles. The Morgan fingerprint density at radius 2 is 1.86 bits per heavy atom. The fourth-order valence-corrected chi connectivity index (χ4v) is 1.62. The zero-order valence-electron chi connectivity index (χ0n) is 8.31. The summed E-state index contributed by atoms with van der Waals surface area (Å²) in [4.78, 5) is 20.6. The van der Waals surface area contributed by atoms with Gasteiger partial charge in [-0.3, -0.25) is 10.1 Å². The Labute approximate surface area is 82.6 Å². The van der Waals surface area contributed by atoms with Crippen LogP contribution in [0.1, 0.15) is 0 Å². The minimum atomic E-state index is -1.49. The summed E-state index contributed by atoms with van der Waals surface area (Å²) in [7, 11) is -1.49. The van der Waals surface area contributed by atoms with Crippen LogP contribution in [-0.4, -0.2) is 23.1 Å². The van der Waals surface area contributed by atoms with Gasteiger partial charge in [0.05, 0.1) is 4.92 Å². The molecule has 0 spiro atoms. The summed E-state index contributed by atoms with van der Waals surface area (Å²) >= 11 is 0. The van der Waals surface area contributed by atoms with Gasteiger partial charge in [-0.25, -0.2) is 9.97 Å². The van der Waals surface area contributed by atoms with E-state index in [1.54, 1.807) is 0 Å². The van der Waals surface area contributed by atoms with E-state index in [1.165, 1.54) is 12.4 Å². The van der Waals surface area contributed by atoms with E-state index in [-0.39, 0.29) is 5.69 Å². The van der Waals surface area contributed by atoms with Crippen LogP contribution in [0.15, 0.2) is 12.4 Å². The Bertz CT molecular complexity index is 333. The van der Waals surface area contributed by atoms with Crippen LogP contribution in [0.2, 0.25) is 19.6 Å². The summed E-state index contributed by atoms with van der Waals surface area (Å²) < 4.78 is 0. The van der Waals surface area contributed by atoms with Crippen molar-refractivity contribution in [1.82, 2.24) is 9.97 Å². The summed E-state index contributed by atoms with van der Waals surface area (Å²) in [5, 5.41) is 10.3. The van der Waals surface area contributed by atoms with Gasteiger partial charge in [0.25, 0.3) is 0 Å². The number of hydrogen-bond acceptors (Lipinski definition) is 5. The molecule has 6 nitrogen and oxygen atoms in total. The molecule has 0 radical (unpaired) electrons. The number of hydrogen-bond donors (Lipinski definition) is 1. The monoisotopic (exact) mass is 212 g/mol. The van der Waals surface area contributed by atoms with Gasteiger partial charge in [-0.15, -0.1) is 0 Å². The van der Waals surface area contributed by atoms with Crippen LogP contribution in [0.3, 0.4) is 0 Å². The maximum Gasteiger partial charge on any atom is 0.305 e. The predicted molar refractivity (Wildman–Crippen MR) is 55.7 cm³/mol. The van der Waals surface area contributed by atoms with Gasteiger partial charge in [0, 0.05) is 0 Å². The fourth-order valence-electron chi connectivity index (χ4n) is 0.815. The van der Waals surface area contributed by atoms with Gasteiger partial charge >= 0.3 is 5.69 Å². The number of nitrogens with zero attached hydrogens (tertiary/aromatic N) is 3. The van der Waals surface area contributed by atoms with Crippen molar-refractivity contribution >= 4 is 19.9 Å². The standard InChI is InChI=1S/C7H12N4O2Si/c1-14(2,3)10-7-8-4-6(5-9-7)11(12)13/h4-5H,1-3H3,(H,8,9,10). The average Bonchev–Trinajstić information content (AvgIpc) is 2.02. The molecule has 1 aromatic heterocycles. The summed E-state index contributed by atoms with van der Waals surface area (Å²) in [6, 6.07) is 0. The molecule has 0 saturated heterocycles. The van der Waals surface area contributed by atoms with Crippen LogP contribution in [0, 0.1) is 10.1 Å². The van der Waals surface area contributed by atoms with Crippen molar-refractivity contribution in [3.8, 4) is 0 Å². The van der Waals surface area contributed by atoms with Crippen molar-refractivity contribution in [2.75, 3.05) is 4.98 Å². The highest BCUT2D eigenvalue weighted by Gasteiger charge is 2.15. The zero-order valence-corrected chi connectivity index (χ0v) is 9.31. The van der Waals surface area contributed by atoms with Crippen molar-refractivity contribution in [1.29, 1.82) is 0 Å². The molecule has 7 heteroatoms. The smallest absolute Gasteiger partial charge is 0.305 e. The second-order valence-electron chi connectivity index (χ2n) is 3.90. The molecule has 1 N–H and O–H groups in total. The third kappa shape index (κ3) is 3.09. The molecule has 0 fully saturated rings. The number of nitro groups is 1. The summed E-state index contributed by atoms with van der Waals surface area (Å²) in [6.45, 7) is 6.29. The van der Waals surface area contributed by atoms with Gasteiger partial charge in [-0.1, -0.05) is 19.6 Å². The topological polar surface area (TPSA) is 81.0 Å². The largest absolute Gasteiger partial charge is 0.381 e. The first-order valence-electron chi connectivity index (χ1n) is 4.13. The Balaban J connectivity index is 2.79. The third-order valence-corrected chi connectivity index (χ3v) is 2.31. The first kappa shape index (κ1) is 10.6. The summed E-state index contributed by atoms with van der Waals surface area (Å²) in [5.74, 6) is 0.453. The highest BCUT2D eigenvalue weighted by Crippen LogP contribution is 2.10. The molecule has 0 unspecified atom stereocenters. The molecule has 14 heavy (non-hydrogen) atoms. The Morgan fingerprint density at radius 3 is 2.21 bits per heavy atom. The fraction of sp³-hybridized carbons (Fsp3) is 0.429. The van der Waals surface area contributed by atoms with E-state index in [2.05, 4.69) is 34.6 Å². The minimum absolute atomic E-state index is 0.0916. The van der Waals surface area contributed by atoms with E-state index in [0.717, 1.165) is 0 Å². The second-order valence-corrected chi connectivity index (χ2v) is 8.65. The first-order chi connectivity index (χ1) is 6.38. The molecular weight excluding hydrogens is 200 g/mol. The Kier molecular flexibility index (Phi) is 2.80. The molecule has 0 amide bonds. The van der Waals surface area contributed by atoms with E-state index in [4.69, 9.17) is 0 Å². The lowest BCUT2D eigenvalue weighted by molar-refractivity contribution is -0.385. The highest BCUT2D eigenvalue weighted by atomic mass is 28.3. The molecule has 76 valence electrons. The van der Waals surface area contributed by atoms with Crippen molar-refractivity contribution in [2.24, 2.45) is 0 Å². The van der Waals surface area contributed by atoms with Crippen molar-refractivity contribution < 1.29 is 4.92 Å². The average molecular weight is 212 g/mol. The van der Waals surface area contributed by atoms with Crippen molar-refractivity contribution in [2.45, 2.75) is 19.6 Å². The molecule has 0 saturated carbocycles. The van der Waals surface area contributed by atoms with E-state index >= 15 is 0 Å². The quantitative estimate of drug-likeness (QED) is 0.468. The number of nitrogens with one attached hydrogen (secondary N) is 1. The molecule has 0 aliphatic rings. The van der Waals surface area contributed by atoms with Crippen molar-refractivity contribution in [3.05, 3.63) is 22.5 Å². The van der Waals surface area contributed by atoms with Gasteiger partial charge < -0.3 is 4.98 Å². The lowest BCUT2D eigenvalue weighted by Crippen LogP contribution is -2.33. The molecule has 0 atom stereocenters. The van der Waals surface area contributed by atoms with E-state index in [9.17, 15) is 10.1 Å². The first-order valence-corrected chi connectivity index (χ1v) is 7.63. The molecule has 0 aliphatic carbocycles. The molecular formula is C7H12N4O2Si. The number of rotatable bonds is 3. The van der Waals surface area contributed by atoms with E-state index in [0.29, 0.717) is 5.95 Å². The third-order valence-electron chi connectivity index (χ3n) is 1.34. The molecule has 0 aromatic carbocycles. The molecule has 1 aromatic rings. The van der Waals surface area contributed by atoms with Crippen LogP contribution >= 0.6 is 0 Å². The maximum atomic E-state index is 10.3. The molecule has 1 rings (SSSR count). The van der Waals surface area contributed by atoms with Gasteiger partial charge in [0.15, 0.2) is 0 Å². The molecule has 0 bridgehead atoms. The van der Waals surface area contributed by atoms with Gasteiger partial charge in [0.2, 0.25) is 5.95 Å². The summed E-state index contributed by atoms with van der Waals surface area (Å²) in [6.07, 6.45) is 2.41. The van der Waals surface area contributed by atoms with Crippen LogP contribution in [0.5, 0.6) is 0 Å². The Hall–Kier alpha value is -1.50. The lowest BCUT2D eigenvalue weighted by atomic mass is 10.6. The Morgan fingerprint density at radius 1 is 1.36 bits per heavy atom.